The molecule has 0 radical (unpaired) electrons. The van der Waals surface area contributed by atoms with E-state index in [2.05, 4.69) is 19.1 Å². The van der Waals surface area contributed by atoms with Crippen molar-refractivity contribution in [1.82, 2.24) is 0 Å². The number of hydrogen-bond acceptors (Lipinski definition) is 2. The topological polar surface area (TPSA) is 33.5 Å². The van der Waals surface area contributed by atoms with Crippen LogP contribution in [-0.2, 0) is 4.79 Å². The summed E-state index contributed by atoms with van der Waals surface area (Å²) in [7, 11) is 0. The smallest absolute Gasteiger partial charge is 0.224 e. The molecule has 1 aromatic heterocycles. The van der Waals surface area contributed by atoms with Gasteiger partial charge in [-0.1, -0.05) is 31.1 Å². The standard InChI is InChI=1S/C26H37N2O2/c1-3-28(18-22-10-7-5-4-6-8-11-22)16-14-24(15-17-28)27(21(2)29)26-13-9-12-23-19-30-20-25(23)26/h9-10,12-13,19-20,24H,3-8,11,14-18H2,1-2H3/q+1. The summed E-state index contributed by atoms with van der Waals surface area (Å²) in [6, 6.07) is 6.41. The second kappa shape index (κ2) is 9.38. The minimum absolute atomic E-state index is 0.132. The number of nitrogens with zero attached hydrogens (tertiary/aromatic N) is 2. The molecule has 30 heavy (non-hydrogen) atoms. The highest BCUT2D eigenvalue weighted by Gasteiger charge is 2.37. The first-order valence-electron chi connectivity index (χ1n) is 11.9. The summed E-state index contributed by atoms with van der Waals surface area (Å²) in [4.78, 5) is 14.7. The second-order valence-electron chi connectivity index (χ2n) is 9.35. The molecular formula is C26H37N2O2+. The van der Waals surface area contributed by atoms with Crippen molar-refractivity contribution in [3.63, 3.8) is 0 Å². The van der Waals surface area contributed by atoms with Crippen molar-refractivity contribution in [3.05, 3.63) is 42.4 Å². The van der Waals surface area contributed by atoms with Crippen LogP contribution in [0.2, 0.25) is 0 Å². The Morgan fingerprint density at radius 2 is 1.93 bits per heavy atom. The number of furan rings is 1. The predicted molar refractivity (Wildman–Crippen MR) is 124 cm³/mol. The third-order valence-corrected chi connectivity index (χ3v) is 7.43. The predicted octanol–water partition coefficient (Wildman–Crippen LogP) is 6.07. The summed E-state index contributed by atoms with van der Waals surface area (Å²) < 4.78 is 6.61. The van der Waals surface area contributed by atoms with E-state index in [1.165, 1.54) is 56.1 Å². The minimum atomic E-state index is 0.132. The summed E-state index contributed by atoms with van der Waals surface area (Å²) >= 11 is 0. The number of allylic oxidation sites excluding steroid dienone is 1. The molecule has 0 N–H and O–H groups in total. The molecule has 4 nitrogen and oxygen atoms in total. The number of quaternary nitrogens is 1. The Balaban J connectivity index is 1.50. The van der Waals surface area contributed by atoms with Crippen LogP contribution in [0, 0.1) is 0 Å². The van der Waals surface area contributed by atoms with Gasteiger partial charge in [0.25, 0.3) is 0 Å². The molecule has 1 aromatic carbocycles. The molecule has 162 valence electrons. The third-order valence-electron chi connectivity index (χ3n) is 7.43. The third kappa shape index (κ3) is 4.49. The number of carbonyl (C=O) groups is 1. The Morgan fingerprint density at radius 1 is 1.13 bits per heavy atom. The van der Waals surface area contributed by atoms with Gasteiger partial charge < -0.3 is 13.8 Å². The lowest BCUT2D eigenvalue weighted by molar-refractivity contribution is -0.926. The van der Waals surface area contributed by atoms with Crippen LogP contribution >= 0.6 is 0 Å². The van der Waals surface area contributed by atoms with Crippen molar-refractivity contribution < 1.29 is 13.7 Å². The van der Waals surface area contributed by atoms with Crippen LogP contribution in [0.4, 0.5) is 5.69 Å². The lowest BCUT2D eigenvalue weighted by Crippen LogP contribution is -2.58. The van der Waals surface area contributed by atoms with Gasteiger partial charge in [0.1, 0.15) is 12.8 Å². The minimum Gasteiger partial charge on any atom is -0.471 e. The molecule has 1 saturated heterocycles. The van der Waals surface area contributed by atoms with Crippen LogP contribution in [0.25, 0.3) is 10.8 Å². The van der Waals surface area contributed by atoms with Gasteiger partial charge in [0.15, 0.2) is 0 Å². The number of benzene rings is 1. The SMILES string of the molecule is CC[N+]1(CC2=CCCCCCC2)CCC(N(C(C)=O)c2cccc3cocc23)CC1. The molecule has 1 fully saturated rings. The average Bonchev–Trinajstić information content (AvgIpc) is 3.21. The largest absolute Gasteiger partial charge is 0.471 e. The van der Waals surface area contributed by atoms with Gasteiger partial charge in [0.05, 0.1) is 31.6 Å². The quantitative estimate of drug-likeness (QED) is 0.444. The maximum absolute atomic E-state index is 12.7. The monoisotopic (exact) mass is 409 g/mol. The molecule has 2 aromatic rings. The zero-order valence-electron chi connectivity index (χ0n) is 18.7. The fraction of sp³-hybridized carbons (Fsp3) is 0.577. The molecule has 0 unspecified atom stereocenters. The van der Waals surface area contributed by atoms with Crippen LogP contribution in [0.5, 0.6) is 0 Å². The number of amides is 1. The Bertz CT molecular complexity index is 889. The Labute approximate surface area is 181 Å². The number of likely N-dealkylation sites (tertiary alicyclic amines) is 1. The molecule has 4 heteroatoms. The number of likely N-dealkylation sites (N-methyl/N-ethyl adjacent to an activating group) is 1. The van der Waals surface area contributed by atoms with E-state index >= 15 is 0 Å². The lowest BCUT2D eigenvalue weighted by Gasteiger charge is -2.46. The molecule has 0 saturated carbocycles. The summed E-state index contributed by atoms with van der Waals surface area (Å²) in [6.07, 6.45) is 16.2. The van der Waals surface area contributed by atoms with E-state index in [1.54, 1.807) is 25.0 Å². The second-order valence-corrected chi connectivity index (χ2v) is 9.35. The molecule has 1 aliphatic carbocycles. The van der Waals surface area contributed by atoms with Crippen LogP contribution in [0.3, 0.4) is 0 Å². The molecule has 0 spiro atoms. The highest BCUT2D eigenvalue weighted by molar-refractivity contribution is 6.02. The van der Waals surface area contributed by atoms with Gasteiger partial charge in [-0.3, -0.25) is 4.79 Å². The molecule has 0 bridgehead atoms. The number of piperidine rings is 1. The molecule has 1 aliphatic heterocycles. The fourth-order valence-electron chi connectivity index (χ4n) is 5.59. The van der Waals surface area contributed by atoms with Gasteiger partial charge in [0.2, 0.25) is 5.91 Å². The van der Waals surface area contributed by atoms with Gasteiger partial charge in [-0.15, -0.1) is 0 Å². The maximum atomic E-state index is 12.7. The van der Waals surface area contributed by atoms with E-state index in [0.717, 1.165) is 42.4 Å². The van der Waals surface area contributed by atoms with E-state index in [4.69, 9.17) is 4.42 Å². The van der Waals surface area contributed by atoms with Gasteiger partial charge in [-0.2, -0.15) is 0 Å². The highest BCUT2D eigenvalue weighted by Crippen LogP contribution is 2.33. The van der Waals surface area contributed by atoms with Crippen molar-refractivity contribution in [2.45, 2.75) is 71.3 Å². The zero-order chi connectivity index (χ0) is 21.0. The summed E-state index contributed by atoms with van der Waals surface area (Å²) in [5.41, 5.74) is 2.68. The first-order chi connectivity index (χ1) is 14.6. The van der Waals surface area contributed by atoms with Crippen LogP contribution < -0.4 is 4.90 Å². The van der Waals surface area contributed by atoms with E-state index in [-0.39, 0.29) is 11.9 Å². The van der Waals surface area contributed by atoms with Crippen LogP contribution in [-0.4, -0.2) is 42.6 Å². The molecule has 0 atom stereocenters. The van der Waals surface area contributed by atoms with E-state index < -0.39 is 0 Å². The zero-order valence-corrected chi connectivity index (χ0v) is 18.7. The summed E-state index contributed by atoms with van der Waals surface area (Å²) in [6.45, 7) is 8.75. The molecule has 2 aliphatic rings. The highest BCUT2D eigenvalue weighted by atomic mass is 16.3. The Kier molecular flexibility index (Phi) is 6.62. The van der Waals surface area contributed by atoms with Crippen LogP contribution in [0.1, 0.15) is 65.2 Å². The van der Waals surface area contributed by atoms with Gasteiger partial charge in [0, 0.05) is 36.6 Å². The summed E-state index contributed by atoms with van der Waals surface area (Å²) in [5, 5.41) is 2.10. The van der Waals surface area contributed by atoms with Crippen molar-refractivity contribution >= 4 is 22.4 Å². The molecule has 4 rings (SSSR count). The Morgan fingerprint density at radius 3 is 2.70 bits per heavy atom. The van der Waals surface area contributed by atoms with E-state index in [9.17, 15) is 4.79 Å². The van der Waals surface area contributed by atoms with Crippen molar-refractivity contribution in [3.8, 4) is 0 Å². The summed E-state index contributed by atoms with van der Waals surface area (Å²) in [5.74, 6) is 0.132. The van der Waals surface area contributed by atoms with Gasteiger partial charge in [-0.25, -0.2) is 0 Å². The van der Waals surface area contributed by atoms with Gasteiger partial charge >= 0.3 is 0 Å². The lowest BCUT2D eigenvalue weighted by atomic mass is 9.95. The van der Waals surface area contributed by atoms with Crippen LogP contribution in [0.15, 0.2) is 46.8 Å². The van der Waals surface area contributed by atoms with E-state index in [1.807, 2.05) is 17.0 Å². The number of hydrogen-bond donors (Lipinski definition) is 0. The van der Waals surface area contributed by atoms with Crippen molar-refractivity contribution in [2.24, 2.45) is 0 Å². The van der Waals surface area contributed by atoms with Gasteiger partial charge in [-0.05, 0) is 44.2 Å². The molecular weight excluding hydrogens is 372 g/mol. The fourth-order valence-corrected chi connectivity index (χ4v) is 5.59. The van der Waals surface area contributed by atoms with E-state index in [0.29, 0.717) is 0 Å². The van der Waals surface area contributed by atoms with Crippen molar-refractivity contribution in [2.75, 3.05) is 31.1 Å². The molecule has 2 heterocycles. The average molecular weight is 410 g/mol. The first-order valence-corrected chi connectivity index (χ1v) is 11.9. The Hall–Kier alpha value is -2.07. The first kappa shape index (κ1) is 21.2. The maximum Gasteiger partial charge on any atom is 0.224 e. The number of carbonyl (C=O) groups excluding carboxylic acids is 1. The number of fused-ring (bicyclic) bond motifs is 1. The number of rotatable bonds is 5. The van der Waals surface area contributed by atoms with Crippen molar-refractivity contribution in [1.29, 1.82) is 0 Å². The number of anilines is 1. The normalized spacial score (nSPS) is 25.4. The molecule has 1 amide bonds.